The Kier molecular flexibility index (Phi) is 2.94. The Morgan fingerprint density at radius 3 is 2.53 bits per heavy atom. The fraction of sp³-hybridized carbons (Fsp3) is 0.857. The van der Waals surface area contributed by atoms with Gasteiger partial charge in [-0.25, -0.2) is 0 Å². The third kappa shape index (κ3) is 1.99. The van der Waals surface area contributed by atoms with E-state index in [9.17, 15) is 9.59 Å². The van der Waals surface area contributed by atoms with Crippen LogP contribution in [0.2, 0.25) is 0 Å². The van der Waals surface area contributed by atoms with E-state index in [1.807, 2.05) is 0 Å². The molecular weight excluding hydrogens is 244 g/mol. The zero-order valence-electron chi connectivity index (χ0n) is 11.8. The number of carbonyl (C=O) groups is 2. The van der Waals surface area contributed by atoms with Crippen molar-refractivity contribution < 1.29 is 14.3 Å². The Hall–Kier alpha value is -0.940. The number of rotatable bonds is 4. The Bertz CT molecular complexity index is 417. The molecule has 3 unspecified atom stereocenters. The number of hydrogen-bond acceptors (Lipinski definition) is 4. The van der Waals surface area contributed by atoms with Crippen LogP contribution >= 0.6 is 0 Å². The first-order chi connectivity index (χ1) is 8.95. The van der Waals surface area contributed by atoms with Crippen LogP contribution in [0.3, 0.4) is 0 Å². The predicted octanol–water partition coefficient (Wildman–Crippen LogP) is 0.679. The van der Waals surface area contributed by atoms with Gasteiger partial charge in [-0.1, -0.05) is 13.8 Å². The second-order valence-corrected chi connectivity index (χ2v) is 6.59. The molecule has 2 saturated carbocycles. The number of carbonyl (C=O) groups excluding carboxylic acids is 2. The van der Waals surface area contributed by atoms with Crippen molar-refractivity contribution in [3.8, 4) is 0 Å². The first kappa shape index (κ1) is 13.1. The van der Waals surface area contributed by atoms with E-state index in [1.165, 1.54) is 4.90 Å². The van der Waals surface area contributed by atoms with E-state index in [1.54, 1.807) is 7.11 Å². The summed E-state index contributed by atoms with van der Waals surface area (Å²) in [5, 5.41) is 3.37. The van der Waals surface area contributed by atoms with Crippen molar-refractivity contribution in [1.29, 1.82) is 0 Å². The summed E-state index contributed by atoms with van der Waals surface area (Å²) in [6, 6.07) is 0.112. The maximum Gasteiger partial charge on any atom is 0.247 e. The van der Waals surface area contributed by atoms with Gasteiger partial charge in [0.25, 0.3) is 0 Å². The summed E-state index contributed by atoms with van der Waals surface area (Å²) < 4.78 is 5.41. The average Bonchev–Trinajstić information content (AvgIpc) is 3.12. The third-order valence-electron chi connectivity index (χ3n) is 4.96. The highest BCUT2D eigenvalue weighted by molar-refractivity contribution is 6.06. The van der Waals surface area contributed by atoms with E-state index in [-0.39, 0.29) is 41.5 Å². The van der Waals surface area contributed by atoms with Crippen LogP contribution in [0.5, 0.6) is 0 Å². The van der Waals surface area contributed by atoms with Gasteiger partial charge in [0.05, 0.1) is 18.6 Å². The van der Waals surface area contributed by atoms with Crippen molar-refractivity contribution in [2.45, 2.75) is 63.8 Å². The minimum Gasteiger partial charge on any atom is -0.381 e. The lowest BCUT2D eigenvalue weighted by Gasteiger charge is -2.52. The molecule has 0 aromatic carbocycles. The zero-order chi connectivity index (χ0) is 13.8. The van der Waals surface area contributed by atoms with Crippen molar-refractivity contribution in [3.05, 3.63) is 0 Å². The first-order valence-electron chi connectivity index (χ1n) is 7.10. The lowest BCUT2D eigenvalue weighted by Crippen LogP contribution is -2.63. The summed E-state index contributed by atoms with van der Waals surface area (Å²) >= 11 is 0. The molecule has 3 rings (SSSR count). The van der Waals surface area contributed by atoms with Crippen LogP contribution in [-0.4, -0.2) is 48.1 Å². The highest BCUT2D eigenvalue weighted by atomic mass is 16.5. The summed E-state index contributed by atoms with van der Waals surface area (Å²) in [6.07, 6.45) is 3.41. The van der Waals surface area contributed by atoms with Crippen molar-refractivity contribution in [2.75, 3.05) is 7.11 Å². The van der Waals surface area contributed by atoms with E-state index in [0.717, 1.165) is 19.3 Å². The molecule has 0 bridgehead atoms. The van der Waals surface area contributed by atoms with Gasteiger partial charge < -0.3 is 10.1 Å². The van der Waals surface area contributed by atoms with Gasteiger partial charge in [0, 0.05) is 24.6 Å². The SMILES string of the molecule is COC1CC(NC2CC(=O)N(C3CC3)C2=O)C1(C)C. The molecule has 5 nitrogen and oxygen atoms in total. The molecule has 3 aliphatic rings. The molecule has 0 radical (unpaired) electrons. The molecule has 2 aliphatic carbocycles. The number of likely N-dealkylation sites (tertiary alicyclic amines) is 1. The number of imide groups is 1. The van der Waals surface area contributed by atoms with E-state index in [4.69, 9.17) is 4.74 Å². The standard InChI is InChI=1S/C14H22N2O3/c1-14(2)10(7-11(14)19-3)15-9-6-12(17)16(13(9)18)8-4-5-8/h8-11,15H,4-7H2,1-3H3. The summed E-state index contributed by atoms with van der Waals surface area (Å²) in [4.78, 5) is 25.6. The van der Waals surface area contributed by atoms with E-state index in [2.05, 4.69) is 19.2 Å². The maximum atomic E-state index is 12.2. The van der Waals surface area contributed by atoms with Gasteiger partial charge in [0.15, 0.2) is 0 Å². The molecule has 1 saturated heterocycles. The molecule has 0 aromatic heterocycles. The lowest BCUT2D eigenvalue weighted by molar-refractivity contribution is -0.140. The van der Waals surface area contributed by atoms with E-state index in [0.29, 0.717) is 6.42 Å². The molecule has 1 heterocycles. The molecule has 106 valence electrons. The van der Waals surface area contributed by atoms with Gasteiger partial charge in [-0.2, -0.15) is 0 Å². The molecule has 1 N–H and O–H groups in total. The van der Waals surface area contributed by atoms with E-state index >= 15 is 0 Å². The van der Waals surface area contributed by atoms with Crippen LogP contribution in [0.1, 0.15) is 39.5 Å². The Morgan fingerprint density at radius 2 is 2.00 bits per heavy atom. The number of ether oxygens (including phenoxy) is 1. The quantitative estimate of drug-likeness (QED) is 0.760. The predicted molar refractivity (Wildman–Crippen MR) is 69.4 cm³/mol. The van der Waals surface area contributed by atoms with Crippen LogP contribution in [0.15, 0.2) is 0 Å². The normalized spacial score (nSPS) is 37.6. The number of nitrogens with one attached hydrogen (secondary N) is 1. The van der Waals surface area contributed by atoms with Gasteiger partial charge in [-0.15, -0.1) is 0 Å². The molecule has 1 aliphatic heterocycles. The van der Waals surface area contributed by atoms with Crippen LogP contribution in [0.4, 0.5) is 0 Å². The van der Waals surface area contributed by atoms with Gasteiger partial charge in [-0.3, -0.25) is 14.5 Å². The second kappa shape index (κ2) is 4.28. The van der Waals surface area contributed by atoms with Gasteiger partial charge >= 0.3 is 0 Å². The molecule has 3 fully saturated rings. The summed E-state index contributed by atoms with van der Waals surface area (Å²) in [6.45, 7) is 4.28. The number of nitrogens with zero attached hydrogens (tertiary/aromatic N) is 1. The fourth-order valence-corrected chi connectivity index (χ4v) is 3.31. The second-order valence-electron chi connectivity index (χ2n) is 6.59. The number of amides is 2. The Morgan fingerprint density at radius 1 is 1.32 bits per heavy atom. The summed E-state index contributed by atoms with van der Waals surface area (Å²) in [5.74, 6) is -0.0328. The largest absolute Gasteiger partial charge is 0.381 e. The summed E-state index contributed by atoms with van der Waals surface area (Å²) in [5.41, 5.74) is 0.0189. The number of hydrogen-bond donors (Lipinski definition) is 1. The maximum absolute atomic E-state index is 12.2. The van der Waals surface area contributed by atoms with Gasteiger partial charge in [-0.05, 0) is 19.3 Å². The third-order valence-corrected chi connectivity index (χ3v) is 4.96. The average molecular weight is 266 g/mol. The Balaban J connectivity index is 1.62. The molecule has 19 heavy (non-hydrogen) atoms. The monoisotopic (exact) mass is 266 g/mol. The van der Waals surface area contributed by atoms with Crippen LogP contribution < -0.4 is 5.32 Å². The van der Waals surface area contributed by atoms with Crippen LogP contribution in [0.25, 0.3) is 0 Å². The highest BCUT2D eigenvalue weighted by Crippen LogP contribution is 2.43. The van der Waals surface area contributed by atoms with Crippen molar-refractivity contribution in [2.24, 2.45) is 5.41 Å². The molecule has 0 spiro atoms. The summed E-state index contributed by atoms with van der Waals surface area (Å²) in [7, 11) is 1.72. The first-order valence-corrected chi connectivity index (χ1v) is 7.10. The van der Waals surface area contributed by atoms with Crippen molar-refractivity contribution in [1.82, 2.24) is 10.2 Å². The van der Waals surface area contributed by atoms with Gasteiger partial charge in [0.2, 0.25) is 11.8 Å². The Labute approximate surface area is 113 Å². The number of methoxy groups -OCH3 is 1. The fourth-order valence-electron chi connectivity index (χ4n) is 3.31. The zero-order valence-corrected chi connectivity index (χ0v) is 11.8. The lowest BCUT2D eigenvalue weighted by atomic mass is 9.64. The molecule has 0 aromatic rings. The van der Waals surface area contributed by atoms with Crippen molar-refractivity contribution >= 4 is 11.8 Å². The van der Waals surface area contributed by atoms with Crippen LogP contribution in [0, 0.1) is 5.41 Å². The molecule has 2 amide bonds. The topological polar surface area (TPSA) is 58.6 Å². The van der Waals surface area contributed by atoms with Crippen LogP contribution in [-0.2, 0) is 14.3 Å². The van der Waals surface area contributed by atoms with Gasteiger partial charge in [0.1, 0.15) is 0 Å². The van der Waals surface area contributed by atoms with Crippen molar-refractivity contribution in [3.63, 3.8) is 0 Å². The minimum absolute atomic E-state index is 0.00887. The molecule has 3 atom stereocenters. The smallest absolute Gasteiger partial charge is 0.247 e. The van der Waals surface area contributed by atoms with E-state index < -0.39 is 0 Å². The molecular formula is C14H22N2O3. The highest BCUT2D eigenvalue weighted by Gasteiger charge is 2.52. The molecule has 5 heteroatoms. The minimum atomic E-state index is -0.324.